The van der Waals surface area contributed by atoms with Gasteiger partial charge in [-0.05, 0) is 56.0 Å². The molecule has 1 heterocycles. The van der Waals surface area contributed by atoms with Gasteiger partial charge in [0.2, 0.25) is 0 Å². The Labute approximate surface area is 186 Å². The number of fused-ring (bicyclic) bond motifs is 1. The van der Waals surface area contributed by atoms with Crippen LogP contribution in [0.25, 0.3) is 0 Å². The summed E-state index contributed by atoms with van der Waals surface area (Å²) in [6, 6.07) is 10.1. The Kier molecular flexibility index (Phi) is 7.82. The number of benzene rings is 2. The predicted molar refractivity (Wildman–Crippen MR) is 116 cm³/mol. The van der Waals surface area contributed by atoms with Crippen LogP contribution in [0.5, 0.6) is 0 Å². The maximum atomic E-state index is 13.7. The summed E-state index contributed by atoms with van der Waals surface area (Å²) in [5.41, 5.74) is 1.75. The van der Waals surface area contributed by atoms with Gasteiger partial charge < -0.3 is 25.2 Å². The van der Waals surface area contributed by atoms with Gasteiger partial charge in [-0.2, -0.15) is 0 Å². The highest BCUT2D eigenvalue weighted by molar-refractivity contribution is 5.68. The van der Waals surface area contributed by atoms with Gasteiger partial charge in [0.05, 0.1) is 31.4 Å². The van der Waals surface area contributed by atoms with Gasteiger partial charge in [-0.15, -0.1) is 0 Å². The van der Waals surface area contributed by atoms with Crippen LogP contribution in [0.15, 0.2) is 42.5 Å². The van der Waals surface area contributed by atoms with Gasteiger partial charge in [0.15, 0.2) is 0 Å². The third-order valence-corrected chi connectivity index (χ3v) is 5.09. The average molecular weight is 449 g/mol. The quantitative estimate of drug-likeness (QED) is 0.603. The molecule has 0 spiro atoms. The Morgan fingerprint density at radius 3 is 2.59 bits per heavy atom. The van der Waals surface area contributed by atoms with Crippen LogP contribution >= 0.6 is 0 Å². The molecule has 2 aromatic rings. The molecule has 3 N–H and O–H groups in total. The molecule has 3 rings (SSSR count). The highest BCUT2D eigenvalue weighted by Gasteiger charge is 2.27. The maximum Gasteiger partial charge on any atom is 0.407 e. The summed E-state index contributed by atoms with van der Waals surface area (Å²) in [5.74, 6) is -1.45. The number of ether oxygens (including phenoxy) is 2. The Hall–Kier alpha value is -2.55. The van der Waals surface area contributed by atoms with Crippen LogP contribution in [0.1, 0.15) is 43.5 Å². The Balaban J connectivity index is 1.71. The maximum absolute atomic E-state index is 13.7. The van der Waals surface area contributed by atoms with E-state index in [9.17, 15) is 18.7 Å². The second-order valence-corrected chi connectivity index (χ2v) is 8.98. The van der Waals surface area contributed by atoms with Gasteiger partial charge in [-0.1, -0.05) is 24.3 Å². The SMILES string of the molecule is CC(C)(C)OC(=O)N[C@@H](Cc1cc(F)cc(F)c1)[C@H](O)CNC1COCc2ccccc21. The lowest BCUT2D eigenvalue weighted by Crippen LogP contribution is -2.50. The topological polar surface area (TPSA) is 79.8 Å². The Morgan fingerprint density at radius 2 is 1.91 bits per heavy atom. The average Bonchev–Trinajstić information content (AvgIpc) is 2.69. The van der Waals surface area contributed by atoms with Gasteiger partial charge >= 0.3 is 6.09 Å². The molecular formula is C24H30F2N2O4. The first-order valence-corrected chi connectivity index (χ1v) is 10.6. The lowest BCUT2D eigenvalue weighted by atomic mass is 9.97. The van der Waals surface area contributed by atoms with Crippen LogP contribution in [0.4, 0.5) is 13.6 Å². The van der Waals surface area contributed by atoms with Gasteiger partial charge in [0, 0.05) is 12.6 Å². The van der Waals surface area contributed by atoms with Crippen molar-refractivity contribution in [2.24, 2.45) is 0 Å². The summed E-state index contributed by atoms with van der Waals surface area (Å²) in [6.45, 7) is 6.28. The first-order valence-electron chi connectivity index (χ1n) is 10.6. The fraction of sp³-hybridized carbons (Fsp3) is 0.458. The standard InChI is InChI=1S/C24H30F2N2O4/c1-24(2,3)32-23(30)28-20(10-15-8-17(25)11-18(26)9-15)22(29)12-27-21-14-31-13-16-6-4-5-7-19(16)21/h4-9,11,20-22,27,29H,10,12-14H2,1-3H3,(H,28,30)/t20-,21?,22+/m0/s1. The van der Waals surface area contributed by atoms with Crippen molar-refractivity contribution in [3.63, 3.8) is 0 Å². The minimum absolute atomic E-state index is 0.0223. The van der Waals surface area contributed by atoms with E-state index in [4.69, 9.17) is 9.47 Å². The minimum Gasteiger partial charge on any atom is -0.444 e. The van der Waals surface area contributed by atoms with Crippen LogP contribution < -0.4 is 10.6 Å². The third kappa shape index (κ3) is 6.98. The van der Waals surface area contributed by atoms with Crippen LogP contribution in [0, 0.1) is 11.6 Å². The van der Waals surface area contributed by atoms with Crippen molar-refractivity contribution >= 4 is 6.09 Å². The molecule has 0 saturated carbocycles. The second-order valence-electron chi connectivity index (χ2n) is 8.98. The molecule has 0 saturated heterocycles. The fourth-order valence-electron chi connectivity index (χ4n) is 3.68. The summed E-state index contributed by atoms with van der Waals surface area (Å²) in [7, 11) is 0. The van der Waals surface area contributed by atoms with E-state index in [1.54, 1.807) is 20.8 Å². The molecule has 0 aliphatic carbocycles. The molecule has 3 atom stereocenters. The lowest BCUT2D eigenvalue weighted by Gasteiger charge is -2.30. The zero-order valence-electron chi connectivity index (χ0n) is 18.5. The fourth-order valence-corrected chi connectivity index (χ4v) is 3.68. The number of nitrogens with one attached hydrogen (secondary N) is 2. The van der Waals surface area contributed by atoms with E-state index in [0.717, 1.165) is 17.2 Å². The number of amides is 1. The van der Waals surface area contributed by atoms with Gasteiger partial charge in [-0.3, -0.25) is 0 Å². The van der Waals surface area contributed by atoms with E-state index < -0.39 is 35.5 Å². The number of alkyl carbamates (subject to hydrolysis) is 1. The highest BCUT2D eigenvalue weighted by Crippen LogP contribution is 2.24. The molecule has 32 heavy (non-hydrogen) atoms. The van der Waals surface area contributed by atoms with Crippen LogP contribution in [-0.4, -0.2) is 42.1 Å². The molecule has 6 nitrogen and oxygen atoms in total. The van der Waals surface area contributed by atoms with E-state index in [1.165, 1.54) is 12.1 Å². The normalized spacial score (nSPS) is 17.9. The van der Waals surface area contributed by atoms with Crippen molar-refractivity contribution in [2.75, 3.05) is 13.2 Å². The van der Waals surface area contributed by atoms with E-state index >= 15 is 0 Å². The van der Waals surface area contributed by atoms with Crippen LogP contribution in [-0.2, 0) is 22.5 Å². The third-order valence-electron chi connectivity index (χ3n) is 5.09. The molecule has 1 aliphatic heterocycles. The van der Waals surface area contributed by atoms with Crippen molar-refractivity contribution in [3.05, 3.63) is 70.8 Å². The molecule has 1 amide bonds. The molecule has 2 aromatic carbocycles. The number of rotatable bonds is 7. The van der Waals surface area contributed by atoms with E-state index in [0.29, 0.717) is 18.8 Å². The number of hydrogen-bond donors (Lipinski definition) is 3. The van der Waals surface area contributed by atoms with Crippen LogP contribution in [0.2, 0.25) is 0 Å². The van der Waals surface area contributed by atoms with Crippen LogP contribution in [0.3, 0.4) is 0 Å². The zero-order chi connectivity index (χ0) is 23.3. The molecule has 1 aliphatic rings. The molecule has 1 unspecified atom stereocenters. The van der Waals surface area contributed by atoms with E-state index in [2.05, 4.69) is 10.6 Å². The van der Waals surface area contributed by atoms with Crippen molar-refractivity contribution in [2.45, 2.75) is 57.6 Å². The first-order chi connectivity index (χ1) is 15.1. The first kappa shape index (κ1) is 24.1. The molecule has 8 heteroatoms. The van der Waals surface area contributed by atoms with E-state index in [1.807, 2.05) is 24.3 Å². The molecule has 0 aromatic heterocycles. The monoisotopic (exact) mass is 448 g/mol. The van der Waals surface area contributed by atoms with E-state index in [-0.39, 0.29) is 19.0 Å². The molecule has 0 radical (unpaired) electrons. The number of halogens is 2. The smallest absolute Gasteiger partial charge is 0.407 e. The summed E-state index contributed by atoms with van der Waals surface area (Å²) in [5, 5.41) is 16.8. The molecule has 174 valence electrons. The van der Waals surface area contributed by atoms with Crippen molar-refractivity contribution in [1.82, 2.24) is 10.6 Å². The lowest BCUT2D eigenvalue weighted by molar-refractivity contribution is 0.0401. The van der Waals surface area contributed by atoms with Gasteiger partial charge in [-0.25, -0.2) is 13.6 Å². The predicted octanol–water partition coefficient (Wildman–Crippen LogP) is 3.62. The second kappa shape index (κ2) is 10.4. The molecule has 0 fully saturated rings. The number of aliphatic hydroxyl groups excluding tert-OH is 1. The summed E-state index contributed by atoms with van der Waals surface area (Å²) >= 11 is 0. The van der Waals surface area contributed by atoms with Crippen molar-refractivity contribution in [1.29, 1.82) is 0 Å². The summed E-state index contributed by atoms with van der Waals surface area (Å²) < 4.78 is 38.2. The largest absolute Gasteiger partial charge is 0.444 e. The number of carbonyl (C=O) groups is 1. The van der Waals surface area contributed by atoms with Crippen molar-refractivity contribution < 1.29 is 28.2 Å². The Bertz CT molecular complexity index is 912. The zero-order valence-corrected chi connectivity index (χ0v) is 18.5. The number of carbonyl (C=O) groups excluding carboxylic acids is 1. The summed E-state index contributed by atoms with van der Waals surface area (Å²) in [6.07, 6.45) is -1.75. The minimum atomic E-state index is -1.05. The molecular weight excluding hydrogens is 418 g/mol. The number of aliphatic hydroxyl groups is 1. The summed E-state index contributed by atoms with van der Waals surface area (Å²) in [4.78, 5) is 12.3. The Morgan fingerprint density at radius 1 is 1.22 bits per heavy atom. The highest BCUT2D eigenvalue weighted by atomic mass is 19.1. The number of hydrogen-bond acceptors (Lipinski definition) is 5. The van der Waals surface area contributed by atoms with Gasteiger partial charge in [0.25, 0.3) is 0 Å². The van der Waals surface area contributed by atoms with Gasteiger partial charge in [0.1, 0.15) is 17.2 Å². The van der Waals surface area contributed by atoms with Crippen molar-refractivity contribution in [3.8, 4) is 0 Å². The molecule has 0 bridgehead atoms.